The fourth-order valence-corrected chi connectivity index (χ4v) is 2.47. The molecule has 0 radical (unpaired) electrons. The molecule has 1 aromatic carbocycles. The number of hydrogen-bond donors (Lipinski definition) is 3. The highest BCUT2D eigenvalue weighted by molar-refractivity contribution is 5.36. The second-order valence-electron chi connectivity index (χ2n) is 4.94. The van der Waals surface area contributed by atoms with Crippen LogP contribution in [0, 0.1) is 0 Å². The molecule has 1 aliphatic carbocycles. The molecule has 106 valence electrons. The number of fused-ring (bicyclic) bond motifs is 1. The van der Waals surface area contributed by atoms with Gasteiger partial charge in [-0.3, -0.25) is 0 Å². The summed E-state index contributed by atoms with van der Waals surface area (Å²) >= 11 is 0. The van der Waals surface area contributed by atoms with Crippen LogP contribution in [0.25, 0.3) is 0 Å². The van der Waals surface area contributed by atoms with Gasteiger partial charge in [0.05, 0.1) is 25.9 Å². The van der Waals surface area contributed by atoms with Gasteiger partial charge in [0, 0.05) is 13.1 Å². The van der Waals surface area contributed by atoms with Crippen molar-refractivity contribution in [2.75, 3.05) is 32.9 Å². The van der Waals surface area contributed by atoms with Crippen molar-refractivity contribution in [3.63, 3.8) is 0 Å². The van der Waals surface area contributed by atoms with Crippen molar-refractivity contribution in [2.24, 2.45) is 0 Å². The van der Waals surface area contributed by atoms with Crippen LogP contribution in [0.2, 0.25) is 0 Å². The predicted molar refractivity (Wildman–Crippen MR) is 74.2 cm³/mol. The summed E-state index contributed by atoms with van der Waals surface area (Å²) in [6.07, 6.45) is 3.07. The lowest BCUT2D eigenvalue weighted by atomic mass is 10.0. The van der Waals surface area contributed by atoms with E-state index in [0.29, 0.717) is 26.3 Å². The van der Waals surface area contributed by atoms with Crippen molar-refractivity contribution >= 4 is 0 Å². The number of benzene rings is 1. The summed E-state index contributed by atoms with van der Waals surface area (Å²) in [5.41, 5.74) is 3.81. The van der Waals surface area contributed by atoms with E-state index < -0.39 is 6.10 Å². The zero-order valence-electron chi connectivity index (χ0n) is 11.3. The maximum Gasteiger partial charge on any atom is 0.0914 e. The average Bonchev–Trinajstić information content (AvgIpc) is 2.89. The molecule has 2 rings (SSSR count). The van der Waals surface area contributed by atoms with Gasteiger partial charge in [-0.1, -0.05) is 18.2 Å². The Morgan fingerprint density at radius 3 is 2.89 bits per heavy atom. The third-order valence-corrected chi connectivity index (χ3v) is 3.50. The van der Waals surface area contributed by atoms with Gasteiger partial charge in [0.1, 0.15) is 0 Å². The van der Waals surface area contributed by atoms with Crippen LogP contribution < -0.4 is 5.32 Å². The quantitative estimate of drug-likeness (QED) is 0.609. The van der Waals surface area contributed by atoms with Crippen molar-refractivity contribution in [2.45, 2.75) is 25.4 Å². The normalized spacial score (nSPS) is 15.5. The van der Waals surface area contributed by atoms with E-state index in [9.17, 15) is 5.11 Å². The Kier molecular flexibility index (Phi) is 5.79. The summed E-state index contributed by atoms with van der Waals surface area (Å²) in [5.74, 6) is 0. The standard InChI is InChI=1S/C15H23NO3/c17-7-9-19-8-6-16-11-15(18)14-5-4-12-2-1-3-13(12)10-14/h4-5,10,15-18H,1-3,6-9,11H2. The lowest BCUT2D eigenvalue weighted by Gasteiger charge is -2.13. The fourth-order valence-electron chi connectivity index (χ4n) is 2.47. The van der Waals surface area contributed by atoms with Crippen molar-refractivity contribution in [3.8, 4) is 0 Å². The van der Waals surface area contributed by atoms with Crippen molar-refractivity contribution < 1.29 is 14.9 Å². The minimum atomic E-state index is -0.469. The van der Waals surface area contributed by atoms with Gasteiger partial charge >= 0.3 is 0 Å². The van der Waals surface area contributed by atoms with Gasteiger partial charge in [0.25, 0.3) is 0 Å². The van der Waals surface area contributed by atoms with E-state index in [1.165, 1.54) is 24.0 Å². The molecule has 0 amide bonds. The van der Waals surface area contributed by atoms with Crippen LogP contribution in [-0.4, -0.2) is 43.1 Å². The van der Waals surface area contributed by atoms with Gasteiger partial charge in [-0.15, -0.1) is 0 Å². The molecule has 4 heteroatoms. The molecule has 19 heavy (non-hydrogen) atoms. The van der Waals surface area contributed by atoms with Crippen LogP contribution in [0.1, 0.15) is 29.2 Å². The van der Waals surface area contributed by atoms with Crippen LogP contribution in [0.5, 0.6) is 0 Å². The Morgan fingerprint density at radius 2 is 2.05 bits per heavy atom. The molecule has 0 aromatic heterocycles. The number of rotatable bonds is 8. The molecule has 0 heterocycles. The van der Waals surface area contributed by atoms with E-state index >= 15 is 0 Å². The van der Waals surface area contributed by atoms with Crippen LogP contribution in [0.3, 0.4) is 0 Å². The van der Waals surface area contributed by atoms with Crippen LogP contribution in [-0.2, 0) is 17.6 Å². The first-order chi connectivity index (χ1) is 9.31. The summed E-state index contributed by atoms with van der Waals surface area (Å²) < 4.78 is 5.14. The molecular weight excluding hydrogens is 242 g/mol. The van der Waals surface area contributed by atoms with E-state index in [4.69, 9.17) is 9.84 Å². The summed E-state index contributed by atoms with van der Waals surface area (Å²) in [7, 11) is 0. The highest BCUT2D eigenvalue weighted by Gasteiger charge is 2.14. The molecular formula is C15H23NO3. The second kappa shape index (κ2) is 7.60. The van der Waals surface area contributed by atoms with Crippen LogP contribution >= 0.6 is 0 Å². The monoisotopic (exact) mass is 265 g/mol. The highest BCUT2D eigenvalue weighted by Crippen LogP contribution is 2.25. The van der Waals surface area contributed by atoms with E-state index in [-0.39, 0.29) is 6.61 Å². The third-order valence-electron chi connectivity index (χ3n) is 3.50. The highest BCUT2D eigenvalue weighted by atomic mass is 16.5. The molecule has 3 N–H and O–H groups in total. The Morgan fingerprint density at radius 1 is 1.21 bits per heavy atom. The van der Waals surface area contributed by atoms with Gasteiger partial charge in [-0.2, -0.15) is 0 Å². The van der Waals surface area contributed by atoms with Crippen LogP contribution in [0.15, 0.2) is 18.2 Å². The van der Waals surface area contributed by atoms with Gasteiger partial charge in [-0.25, -0.2) is 0 Å². The van der Waals surface area contributed by atoms with Crippen molar-refractivity contribution in [1.29, 1.82) is 0 Å². The molecule has 0 spiro atoms. The maximum absolute atomic E-state index is 10.1. The molecule has 1 aliphatic rings. The lowest BCUT2D eigenvalue weighted by molar-refractivity contribution is 0.0910. The first-order valence-corrected chi connectivity index (χ1v) is 7.00. The van der Waals surface area contributed by atoms with Crippen molar-refractivity contribution in [3.05, 3.63) is 34.9 Å². The Balaban J connectivity index is 1.72. The average molecular weight is 265 g/mol. The molecule has 0 fully saturated rings. The summed E-state index contributed by atoms with van der Waals surface area (Å²) in [6, 6.07) is 6.31. The number of hydrogen-bond acceptors (Lipinski definition) is 4. The fraction of sp³-hybridized carbons (Fsp3) is 0.600. The number of aliphatic hydroxyl groups is 2. The number of aliphatic hydroxyl groups excluding tert-OH is 2. The zero-order valence-corrected chi connectivity index (χ0v) is 11.3. The summed E-state index contributed by atoms with van der Waals surface area (Å²) in [6.45, 7) is 2.19. The Labute approximate surface area is 114 Å². The number of aryl methyl sites for hydroxylation is 2. The predicted octanol–water partition coefficient (Wildman–Crippen LogP) is 0.807. The van der Waals surface area contributed by atoms with Crippen LogP contribution in [0.4, 0.5) is 0 Å². The summed E-state index contributed by atoms with van der Waals surface area (Å²) in [4.78, 5) is 0. The minimum Gasteiger partial charge on any atom is -0.394 e. The largest absolute Gasteiger partial charge is 0.394 e. The smallest absolute Gasteiger partial charge is 0.0914 e. The number of ether oxygens (including phenoxy) is 1. The molecule has 4 nitrogen and oxygen atoms in total. The molecule has 1 atom stereocenters. The first kappa shape index (κ1) is 14.5. The molecule has 0 aliphatic heterocycles. The van der Waals surface area contributed by atoms with Gasteiger partial charge in [0.15, 0.2) is 0 Å². The molecule has 0 bridgehead atoms. The molecule has 0 saturated carbocycles. The SMILES string of the molecule is OCCOCCNCC(O)c1ccc2c(c1)CCC2. The maximum atomic E-state index is 10.1. The van der Waals surface area contributed by atoms with Crippen molar-refractivity contribution in [1.82, 2.24) is 5.32 Å². The van der Waals surface area contributed by atoms with E-state index in [1.807, 2.05) is 6.07 Å². The Hall–Kier alpha value is -0.940. The van der Waals surface area contributed by atoms with E-state index in [2.05, 4.69) is 17.4 Å². The van der Waals surface area contributed by atoms with Gasteiger partial charge in [-0.05, 0) is 36.0 Å². The number of nitrogens with one attached hydrogen (secondary N) is 1. The van der Waals surface area contributed by atoms with E-state index in [0.717, 1.165) is 12.0 Å². The van der Waals surface area contributed by atoms with Gasteiger partial charge in [0.2, 0.25) is 0 Å². The lowest BCUT2D eigenvalue weighted by Crippen LogP contribution is -2.25. The first-order valence-electron chi connectivity index (χ1n) is 7.00. The molecule has 1 aromatic rings. The minimum absolute atomic E-state index is 0.0533. The second-order valence-corrected chi connectivity index (χ2v) is 4.94. The molecule has 1 unspecified atom stereocenters. The molecule has 0 saturated heterocycles. The summed E-state index contributed by atoms with van der Waals surface area (Å²) in [5, 5.41) is 21.8. The Bertz CT molecular complexity index is 395. The van der Waals surface area contributed by atoms with E-state index in [1.54, 1.807) is 0 Å². The third kappa shape index (κ3) is 4.28. The topological polar surface area (TPSA) is 61.7 Å². The zero-order chi connectivity index (χ0) is 13.5. The van der Waals surface area contributed by atoms with Gasteiger partial charge < -0.3 is 20.3 Å².